The van der Waals surface area contributed by atoms with Crippen molar-refractivity contribution in [2.75, 3.05) is 7.11 Å². The number of amides is 2. The van der Waals surface area contributed by atoms with Crippen LogP contribution >= 0.6 is 11.3 Å². The number of ether oxygens (including phenoxy) is 1. The van der Waals surface area contributed by atoms with E-state index in [2.05, 4.69) is 51.9 Å². The van der Waals surface area contributed by atoms with Gasteiger partial charge in [-0.15, -0.1) is 11.3 Å². The van der Waals surface area contributed by atoms with Gasteiger partial charge in [0.15, 0.2) is 0 Å². The molecule has 0 bridgehead atoms. The first-order chi connectivity index (χ1) is 14.2. The number of benzene rings is 2. The summed E-state index contributed by atoms with van der Waals surface area (Å²) in [7, 11) is 3.71. The molecule has 2 amide bonds. The van der Waals surface area contributed by atoms with E-state index in [0.29, 0.717) is 13.1 Å². The highest BCUT2D eigenvalue weighted by Gasteiger charge is 2.17. The minimum atomic E-state index is -0.196. The third-order valence-corrected chi connectivity index (χ3v) is 5.86. The number of hydrogen-bond donors (Lipinski definition) is 2. The second kappa shape index (κ2) is 8.41. The smallest absolute Gasteiger partial charge is 0.315 e. The van der Waals surface area contributed by atoms with Gasteiger partial charge in [-0.1, -0.05) is 36.4 Å². The van der Waals surface area contributed by atoms with Crippen LogP contribution in [0.5, 0.6) is 5.75 Å². The number of aryl methyl sites for hydroxylation is 1. The molecule has 0 saturated heterocycles. The number of aromatic nitrogens is 1. The highest BCUT2D eigenvalue weighted by molar-refractivity contribution is 7.13. The van der Waals surface area contributed by atoms with Crippen molar-refractivity contribution in [3.8, 4) is 16.3 Å². The molecule has 148 valence electrons. The predicted octanol–water partition coefficient (Wildman–Crippen LogP) is 4.91. The quantitative estimate of drug-likeness (QED) is 0.479. The maximum atomic E-state index is 12.4. The summed E-state index contributed by atoms with van der Waals surface area (Å²) < 4.78 is 7.43. The molecule has 2 aromatic carbocycles. The average Bonchev–Trinajstić information content (AvgIpc) is 3.37. The van der Waals surface area contributed by atoms with Crippen molar-refractivity contribution in [3.05, 3.63) is 77.2 Å². The summed E-state index contributed by atoms with van der Waals surface area (Å²) in [6.45, 7) is 0.898. The number of hydrogen-bond acceptors (Lipinski definition) is 3. The molecule has 29 heavy (non-hydrogen) atoms. The maximum absolute atomic E-state index is 12.4. The molecule has 0 fully saturated rings. The fourth-order valence-corrected chi connectivity index (χ4v) is 4.41. The maximum Gasteiger partial charge on any atom is 0.315 e. The minimum Gasteiger partial charge on any atom is -0.497 e. The van der Waals surface area contributed by atoms with E-state index in [-0.39, 0.29) is 6.03 Å². The van der Waals surface area contributed by atoms with Crippen LogP contribution in [-0.2, 0) is 20.1 Å². The number of thiophene rings is 1. The first-order valence-electron chi connectivity index (χ1n) is 9.42. The standard InChI is InChI=1S/C23H23N3O2S/c1-26-20-10-4-3-9-18(20)19(22(26)21-11-6-12-29-21)15-25-23(27)24-14-16-7-5-8-17(13-16)28-2/h3-13H,14-15H2,1-2H3,(H2,24,25,27). The highest BCUT2D eigenvalue weighted by atomic mass is 32.1. The van der Waals surface area contributed by atoms with Crippen LogP contribution in [0.4, 0.5) is 4.79 Å². The van der Waals surface area contributed by atoms with Crippen LogP contribution in [0, 0.1) is 0 Å². The van der Waals surface area contributed by atoms with Crippen molar-refractivity contribution in [2.45, 2.75) is 13.1 Å². The van der Waals surface area contributed by atoms with Crippen LogP contribution in [0.25, 0.3) is 21.5 Å². The van der Waals surface area contributed by atoms with Crippen LogP contribution in [0.3, 0.4) is 0 Å². The van der Waals surface area contributed by atoms with Crippen LogP contribution in [0.1, 0.15) is 11.1 Å². The molecule has 0 radical (unpaired) electrons. The van der Waals surface area contributed by atoms with E-state index >= 15 is 0 Å². The van der Waals surface area contributed by atoms with Crippen LogP contribution in [0.2, 0.25) is 0 Å². The van der Waals surface area contributed by atoms with Gasteiger partial charge in [-0.05, 0) is 35.2 Å². The van der Waals surface area contributed by atoms with Gasteiger partial charge >= 0.3 is 6.03 Å². The Morgan fingerprint density at radius 2 is 1.86 bits per heavy atom. The summed E-state index contributed by atoms with van der Waals surface area (Å²) in [5, 5.41) is 9.17. The van der Waals surface area contributed by atoms with Gasteiger partial charge in [0, 0.05) is 36.6 Å². The van der Waals surface area contributed by atoms with Crippen LogP contribution < -0.4 is 15.4 Å². The zero-order chi connectivity index (χ0) is 20.2. The van der Waals surface area contributed by atoms with Crippen molar-refractivity contribution < 1.29 is 9.53 Å². The first-order valence-corrected chi connectivity index (χ1v) is 10.3. The summed E-state index contributed by atoms with van der Waals surface area (Å²) in [6.07, 6.45) is 0. The summed E-state index contributed by atoms with van der Waals surface area (Å²) >= 11 is 1.70. The molecule has 0 saturated carbocycles. The van der Waals surface area contributed by atoms with Gasteiger partial charge < -0.3 is 19.9 Å². The molecule has 5 nitrogen and oxygen atoms in total. The van der Waals surface area contributed by atoms with Gasteiger partial charge in [0.2, 0.25) is 0 Å². The van der Waals surface area contributed by atoms with Gasteiger partial charge in [0.25, 0.3) is 0 Å². The van der Waals surface area contributed by atoms with Crippen molar-refractivity contribution in [3.63, 3.8) is 0 Å². The second-order valence-corrected chi connectivity index (χ2v) is 7.72. The van der Waals surface area contributed by atoms with Gasteiger partial charge in [-0.2, -0.15) is 0 Å². The van der Waals surface area contributed by atoms with E-state index < -0.39 is 0 Å². The van der Waals surface area contributed by atoms with Gasteiger partial charge in [-0.3, -0.25) is 0 Å². The highest BCUT2D eigenvalue weighted by Crippen LogP contribution is 2.35. The molecule has 0 aliphatic rings. The molecule has 2 heterocycles. The third-order valence-electron chi connectivity index (χ3n) is 4.98. The van der Waals surface area contributed by atoms with Crippen LogP contribution in [0.15, 0.2) is 66.0 Å². The number of rotatable bonds is 6. The lowest BCUT2D eigenvalue weighted by molar-refractivity contribution is 0.240. The lowest BCUT2D eigenvalue weighted by Gasteiger charge is -2.10. The number of urea groups is 1. The van der Waals surface area contributed by atoms with Gasteiger partial charge in [0.05, 0.1) is 17.7 Å². The zero-order valence-corrected chi connectivity index (χ0v) is 17.3. The van der Waals surface area contributed by atoms with E-state index in [1.54, 1.807) is 18.4 Å². The van der Waals surface area contributed by atoms with Crippen molar-refractivity contribution in [2.24, 2.45) is 7.05 Å². The first kappa shape index (κ1) is 19.1. The third kappa shape index (κ3) is 3.98. The number of methoxy groups -OCH3 is 1. The molecule has 0 unspecified atom stereocenters. The Morgan fingerprint density at radius 1 is 1.03 bits per heavy atom. The zero-order valence-electron chi connectivity index (χ0n) is 16.4. The molecular formula is C23H23N3O2S. The number of nitrogens with zero attached hydrogens (tertiary/aromatic N) is 1. The van der Waals surface area contributed by atoms with E-state index in [9.17, 15) is 4.79 Å². The predicted molar refractivity (Wildman–Crippen MR) is 118 cm³/mol. The summed E-state index contributed by atoms with van der Waals surface area (Å²) in [6, 6.07) is 19.9. The van der Waals surface area contributed by atoms with E-state index in [1.807, 2.05) is 36.4 Å². The monoisotopic (exact) mass is 405 g/mol. The number of para-hydroxylation sites is 1. The summed E-state index contributed by atoms with van der Waals surface area (Å²) in [5.41, 5.74) is 4.42. The molecule has 2 N–H and O–H groups in total. The largest absolute Gasteiger partial charge is 0.497 e. The lowest BCUT2D eigenvalue weighted by Crippen LogP contribution is -2.34. The molecule has 4 aromatic rings. The minimum absolute atomic E-state index is 0.196. The number of carbonyl (C=O) groups excluding carboxylic acids is 1. The Bertz CT molecular complexity index is 1130. The van der Waals surface area contributed by atoms with Crippen molar-refractivity contribution >= 4 is 28.3 Å². The summed E-state index contributed by atoms with van der Waals surface area (Å²) in [4.78, 5) is 13.6. The van der Waals surface area contributed by atoms with E-state index in [4.69, 9.17) is 4.74 Å². The topological polar surface area (TPSA) is 55.3 Å². The molecular weight excluding hydrogens is 382 g/mol. The number of nitrogens with one attached hydrogen (secondary N) is 2. The fraction of sp³-hybridized carbons (Fsp3) is 0.174. The molecule has 0 spiro atoms. The van der Waals surface area contributed by atoms with Crippen LogP contribution in [-0.4, -0.2) is 17.7 Å². The van der Waals surface area contributed by atoms with E-state index in [1.165, 1.54) is 4.88 Å². The average molecular weight is 406 g/mol. The normalized spacial score (nSPS) is 10.8. The van der Waals surface area contributed by atoms with Crippen molar-refractivity contribution in [1.82, 2.24) is 15.2 Å². The molecule has 2 aromatic heterocycles. The van der Waals surface area contributed by atoms with Gasteiger partial charge in [0.1, 0.15) is 5.75 Å². The SMILES string of the molecule is COc1cccc(CNC(=O)NCc2c(-c3cccs3)n(C)c3ccccc23)c1. The second-order valence-electron chi connectivity index (χ2n) is 6.77. The molecule has 0 aliphatic heterocycles. The molecule has 0 atom stereocenters. The molecule has 6 heteroatoms. The summed E-state index contributed by atoms with van der Waals surface area (Å²) in [5.74, 6) is 0.779. The number of carbonyl (C=O) groups is 1. The Morgan fingerprint density at radius 3 is 2.66 bits per heavy atom. The molecule has 4 rings (SSSR count). The Hall–Kier alpha value is -3.25. The van der Waals surface area contributed by atoms with E-state index in [0.717, 1.165) is 33.5 Å². The Kier molecular flexibility index (Phi) is 5.53. The fourth-order valence-electron chi connectivity index (χ4n) is 3.57. The lowest BCUT2D eigenvalue weighted by atomic mass is 10.1. The number of fused-ring (bicyclic) bond motifs is 1. The Balaban J connectivity index is 1.50. The molecule has 0 aliphatic carbocycles. The van der Waals surface area contributed by atoms with Crippen molar-refractivity contribution in [1.29, 1.82) is 0 Å². The Labute approximate surface area is 173 Å². The van der Waals surface area contributed by atoms with Gasteiger partial charge in [-0.25, -0.2) is 4.79 Å².